The number of hydrogen-bond donors (Lipinski definition) is 4. The number of carboxylic acid groups (broad SMARTS) is 1. The number of nitrogens with one attached hydrogen (secondary N) is 2. The van der Waals surface area contributed by atoms with Gasteiger partial charge in [-0.2, -0.15) is 0 Å². The maximum Gasteiger partial charge on any atom is 0.353 e. The number of hydrogen-bond acceptors (Lipinski definition) is 9. The molecule has 0 aromatic carbocycles. The van der Waals surface area contributed by atoms with E-state index in [-0.39, 0.29) is 23.0 Å². The molecule has 0 saturated carbocycles. The third kappa shape index (κ3) is 4.21. The zero-order valence-electron chi connectivity index (χ0n) is 15.5. The molecular formula is C17H17N5O6S2. The molecule has 5 N–H and O–H groups in total. The molecule has 3 heterocycles. The molecule has 30 heavy (non-hydrogen) atoms. The molecule has 1 fully saturated rings. The van der Waals surface area contributed by atoms with Crippen LogP contribution < -0.4 is 11.1 Å². The number of nitrogens with zero attached hydrogens (tertiary/aromatic N) is 2. The van der Waals surface area contributed by atoms with E-state index in [2.05, 4.69) is 15.3 Å². The standard InChI is InChI=1S/C17H17N5O6S2/c1-27-21-11(8-3-2-5-28-8)14(23)20-12-15(24)22-13(17(25)26)9(7-30-16(12)22)29-6-4-10(18)19/h2-6,12,16H,7H2,1H3,(H3,18,19)(H,20,23)(H,25,26)/b6-4+,21-11-/t12?,16-/m1/s1. The second-order valence-electron chi connectivity index (χ2n) is 5.91. The molecule has 13 heteroatoms. The van der Waals surface area contributed by atoms with Gasteiger partial charge in [-0.1, -0.05) is 16.9 Å². The van der Waals surface area contributed by atoms with Crippen LogP contribution >= 0.6 is 23.5 Å². The van der Waals surface area contributed by atoms with E-state index in [4.69, 9.17) is 15.6 Å². The first-order valence-corrected chi connectivity index (χ1v) is 10.3. The Balaban J connectivity index is 1.77. The van der Waals surface area contributed by atoms with Crippen molar-refractivity contribution < 1.29 is 28.7 Å². The van der Waals surface area contributed by atoms with Crippen LogP contribution in [0.1, 0.15) is 5.76 Å². The predicted octanol–water partition coefficient (Wildman–Crippen LogP) is 0.509. The monoisotopic (exact) mass is 451 g/mol. The minimum Gasteiger partial charge on any atom is -0.477 e. The first-order valence-electron chi connectivity index (χ1n) is 8.39. The van der Waals surface area contributed by atoms with Gasteiger partial charge in [-0.05, 0) is 23.6 Å². The Morgan fingerprint density at radius 1 is 1.57 bits per heavy atom. The van der Waals surface area contributed by atoms with E-state index in [1.54, 1.807) is 6.07 Å². The van der Waals surface area contributed by atoms with Crippen molar-refractivity contribution in [2.45, 2.75) is 11.4 Å². The Bertz CT molecular complexity index is 971. The van der Waals surface area contributed by atoms with Crippen molar-refractivity contribution in [1.82, 2.24) is 10.2 Å². The van der Waals surface area contributed by atoms with E-state index in [0.717, 1.165) is 16.7 Å². The minimum absolute atomic E-state index is 0.144. The zero-order chi connectivity index (χ0) is 21.8. The first-order chi connectivity index (χ1) is 14.3. The number of rotatable bonds is 8. The van der Waals surface area contributed by atoms with Crippen LogP contribution in [0.4, 0.5) is 0 Å². The van der Waals surface area contributed by atoms with E-state index in [0.29, 0.717) is 10.7 Å². The van der Waals surface area contributed by atoms with Crippen molar-refractivity contribution in [2.75, 3.05) is 12.9 Å². The molecular weight excluding hydrogens is 434 g/mol. The largest absolute Gasteiger partial charge is 0.477 e. The SMILES string of the molecule is CO/N=C(\C(=O)NC1C(=O)N2C(C(=O)O)=C(S/C=C/C(=N)N)CS[C@H]12)c1ccco1. The summed E-state index contributed by atoms with van der Waals surface area (Å²) in [6, 6.07) is 2.17. The third-order valence-electron chi connectivity index (χ3n) is 4.03. The van der Waals surface area contributed by atoms with Gasteiger partial charge in [0.2, 0.25) is 5.71 Å². The van der Waals surface area contributed by atoms with Crippen molar-refractivity contribution in [2.24, 2.45) is 10.9 Å². The summed E-state index contributed by atoms with van der Waals surface area (Å²) in [7, 11) is 1.27. The average molecular weight is 451 g/mol. The van der Waals surface area contributed by atoms with Crippen LogP contribution in [0.3, 0.4) is 0 Å². The number of nitrogens with two attached hydrogens (primary N) is 1. The lowest BCUT2D eigenvalue weighted by Gasteiger charge is -2.49. The molecule has 2 atom stereocenters. The lowest BCUT2D eigenvalue weighted by atomic mass is 10.0. The van der Waals surface area contributed by atoms with E-state index in [9.17, 15) is 19.5 Å². The highest BCUT2D eigenvalue weighted by Crippen LogP contribution is 2.43. The highest BCUT2D eigenvalue weighted by Gasteiger charge is 2.54. The maximum atomic E-state index is 12.7. The van der Waals surface area contributed by atoms with E-state index in [1.807, 2.05) is 0 Å². The van der Waals surface area contributed by atoms with Crippen molar-refractivity contribution in [3.8, 4) is 0 Å². The second-order valence-corrected chi connectivity index (χ2v) is 8.02. The summed E-state index contributed by atoms with van der Waals surface area (Å²) in [5, 5.41) is 23.9. The van der Waals surface area contributed by atoms with Gasteiger partial charge in [0.1, 0.15) is 30.1 Å². The number of aliphatic carboxylic acids is 1. The van der Waals surface area contributed by atoms with E-state index >= 15 is 0 Å². The van der Waals surface area contributed by atoms with Gasteiger partial charge >= 0.3 is 5.97 Å². The Labute approximate surface area is 178 Å². The maximum absolute atomic E-state index is 12.7. The average Bonchev–Trinajstić information content (AvgIpc) is 3.23. The lowest BCUT2D eigenvalue weighted by Crippen LogP contribution is -2.71. The normalized spacial score (nSPS) is 21.3. The number of β-lactam (4-membered cyclic amide) rings is 1. The Morgan fingerprint density at radius 3 is 2.93 bits per heavy atom. The van der Waals surface area contributed by atoms with Gasteiger partial charge in [-0.25, -0.2) is 4.79 Å². The van der Waals surface area contributed by atoms with Gasteiger partial charge in [0.15, 0.2) is 5.76 Å². The van der Waals surface area contributed by atoms with Crippen LogP contribution in [0.25, 0.3) is 0 Å². The van der Waals surface area contributed by atoms with Gasteiger partial charge in [-0.15, -0.1) is 11.8 Å². The molecule has 0 aliphatic carbocycles. The predicted molar refractivity (Wildman–Crippen MR) is 111 cm³/mol. The smallest absolute Gasteiger partial charge is 0.353 e. The summed E-state index contributed by atoms with van der Waals surface area (Å²) in [5.74, 6) is -2.19. The van der Waals surface area contributed by atoms with Crippen molar-refractivity contribution in [3.05, 3.63) is 46.2 Å². The Morgan fingerprint density at radius 2 is 2.33 bits per heavy atom. The summed E-state index contributed by atoms with van der Waals surface area (Å²) in [4.78, 5) is 43.3. The highest BCUT2D eigenvalue weighted by atomic mass is 32.2. The molecule has 11 nitrogen and oxygen atoms in total. The topological polar surface area (TPSA) is 171 Å². The number of amides is 2. The minimum atomic E-state index is -1.26. The number of carboxylic acids is 1. The number of fused-ring (bicyclic) bond motifs is 1. The third-order valence-corrected chi connectivity index (χ3v) is 6.39. The van der Waals surface area contributed by atoms with Crippen LogP contribution in [0.2, 0.25) is 0 Å². The number of furan rings is 1. The quantitative estimate of drug-likeness (QED) is 0.190. The van der Waals surface area contributed by atoms with Crippen molar-refractivity contribution in [1.29, 1.82) is 5.41 Å². The molecule has 1 saturated heterocycles. The summed E-state index contributed by atoms with van der Waals surface area (Å²) >= 11 is 2.39. The van der Waals surface area contributed by atoms with Crippen LogP contribution in [0.15, 0.2) is 50.1 Å². The molecule has 0 spiro atoms. The first kappa shape index (κ1) is 21.5. The van der Waals surface area contributed by atoms with Gasteiger partial charge in [0.25, 0.3) is 11.8 Å². The molecule has 158 valence electrons. The molecule has 0 bridgehead atoms. The van der Waals surface area contributed by atoms with Gasteiger partial charge in [0.05, 0.1) is 6.26 Å². The molecule has 1 unspecified atom stereocenters. The number of oxime groups is 1. The fourth-order valence-corrected chi connectivity index (χ4v) is 5.13. The number of carbonyl (C=O) groups excluding carboxylic acids is 2. The molecule has 3 rings (SSSR count). The summed E-state index contributed by atoms with van der Waals surface area (Å²) in [5.41, 5.74) is 4.95. The highest BCUT2D eigenvalue weighted by molar-refractivity contribution is 8.08. The zero-order valence-corrected chi connectivity index (χ0v) is 17.2. The summed E-state index contributed by atoms with van der Waals surface area (Å²) < 4.78 is 5.16. The van der Waals surface area contributed by atoms with E-state index < -0.39 is 29.2 Å². The number of amidine groups is 1. The van der Waals surface area contributed by atoms with E-state index in [1.165, 1.54) is 42.7 Å². The Kier molecular flexibility index (Phi) is 6.52. The molecule has 2 aliphatic rings. The number of thioether (sulfide) groups is 2. The van der Waals surface area contributed by atoms with Gasteiger partial charge < -0.3 is 25.4 Å². The Hall–Kier alpha value is -3.19. The summed E-state index contributed by atoms with van der Waals surface area (Å²) in [6.45, 7) is 0. The van der Waals surface area contributed by atoms with Crippen LogP contribution in [-0.4, -0.2) is 63.6 Å². The molecule has 1 aromatic heterocycles. The van der Waals surface area contributed by atoms with Gasteiger partial charge in [-0.3, -0.25) is 19.9 Å². The second kappa shape index (κ2) is 9.09. The molecule has 1 aromatic rings. The molecule has 2 aliphatic heterocycles. The summed E-state index contributed by atoms with van der Waals surface area (Å²) in [6.07, 6.45) is 2.69. The van der Waals surface area contributed by atoms with Crippen LogP contribution in [0.5, 0.6) is 0 Å². The van der Waals surface area contributed by atoms with Crippen molar-refractivity contribution in [3.63, 3.8) is 0 Å². The van der Waals surface area contributed by atoms with Crippen molar-refractivity contribution >= 4 is 52.9 Å². The van der Waals surface area contributed by atoms with Gasteiger partial charge in [0, 0.05) is 10.7 Å². The fourth-order valence-electron chi connectivity index (χ4n) is 2.78. The lowest BCUT2D eigenvalue weighted by molar-refractivity contribution is -0.150. The number of carbonyl (C=O) groups is 3. The van der Waals surface area contributed by atoms with Crippen LogP contribution in [-0.2, 0) is 19.2 Å². The molecule has 0 radical (unpaired) electrons. The fraction of sp³-hybridized carbons (Fsp3) is 0.235. The molecule has 2 amide bonds. The van der Waals surface area contributed by atoms with Crippen LogP contribution in [0, 0.1) is 5.41 Å².